The Labute approximate surface area is 130 Å². The zero-order valence-electron chi connectivity index (χ0n) is 10.7. The van der Waals surface area contributed by atoms with Crippen LogP contribution in [0.4, 0.5) is 0 Å². The Hall–Kier alpha value is -0.390. The first-order valence-corrected chi connectivity index (χ1v) is 6.79. The molecule has 0 bridgehead atoms. The molecule has 0 heterocycles. The molecule has 0 aromatic heterocycles. The summed E-state index contributed by atoms with van der Waals surface area (Å²) in [4.78, 5) is -0.140. The minimum atomic E-state index is -4.40. The molecule has 0 aliphatic heterocycles. The molecule has 0 fully saturated rings. The molecule has 0 saturated heterocycles. The largest absolute Gasteiger partial charge is 1.00 e. The Morgan fingerprint density at radius 3 is 2.33 bits per heavy atom. The third-order valence-electron chi connectivity index (χ3n) is 2.80. The van der Waals surface area contributed by atoms with Crippen LogP contribution in [-0.2, 0) is 10.1 Å². The van der Waals surface area contributed by atoms with Gasteiger partial charge < -0.3 is 4.55 Å². The van der Waals surface area contributed by atoms with Crippen molar-refractivity contribution in [3.8, 4) is 11.1 Å². The van der Waals surface area contributed by atoms with Gasteiger partial charge >= 0.3 is 29.6 Å². The fraction of sp³-hybridized carbons (Fsp3) is 0.231. The van der Waals surface area contributed by atoms with E-state index < -0.39 is 10.1 Å². The van der Waals surface area contributed by atoms with Gasteiger partial charge in [-0.15, -0.1) is 0 Å². The van der Waals surface area contributed by atoms with Gasteiger partial charge in [-0.25, -0.2) is 8.42 Å². The van der Waals surface area contributed by atoms with Crippen LogP contribution in [0.5, 0.6) is 0 Å². The van der Waals surface area contributed by atoms with E-state index in [2.05, 4.69) is 13.8 Å². The van der Waals surface area contributed by atoms with Crippen molar-refractivity contribution in [3.05, 3.63) is 42.0 Å². The van der Waals surface area contributed by atoms with E-state index in [-0.39, 0.29) is 34.5 Å². The summed E-state index contributed by atoms with van der Waals surface area (Å²) in [6, 6.07) is 10.4. The molecule has 18 heavy (non-hydrogen) atoms. The quantitative estimate of drug-likeness (QED) is 0.563. The number of hydrogen-bond donors (Lipinski definition) is 0. The van der Waals surface area contributed by atoms with Crippen molar-refractivity contribution in [2.24, 2.45) is 0 Å². The van der Waals surface area contributed by atoms with Crippen LogP contribution in [0.2, 0.25) is 0 Å². The van der Waals surface area contributed by atoms with Gasteiger partial charge in [0, 0.05) is 0 Å². The van der Waals surface area contributed by atoms with Crippen LogP contribution in [-0.4, -0.2) is 13.0 Å². The predicted octanol–water partition coefficient (Wildman–Crippen LogP) is -0.177. The van der Waals surface area contributed by atoms with E-state index in [0.717, 1.165) is 11.1 Å². The molecule has 0 saturated carbocycles. The molecule has 0 radical (unpaired) electrons. The van der Waals surface area contributed by atoms with Crippen LogP contribution in [0.1, 0.15) is 25.3 Å². The summed E-state index contributed by atoms with van der Waals surface area (Å²) in [6.07, 6.45) is 0. The van der Waals surface area contributed by atoms with E-state index in [4.69, 9.17) is 0 Å². The Morgan fingerprint density at radius 2 is 1.78 bits per heavy atom. The van der Waals surface area contributed by atoms with Crippen LogP contribution in [0, 0.1) is 0 Å². The van der Waals surface area contributed by atoms with Crippen LogP contribution >= 0.6 is 0 Å². The number of rotatable bonds is 2. The summed E-state index contributed by atoms with van der Waals surface area (Å²) in [7, 11) is -4.40. The van der Waals surface area contributed by atoms with Gasteiger partial charge in [-0.2, -0.15) is 0 Å². The van der Waals surface area contributed by atoms with Crippen LogP contribution < -0.4 is 29.6 Å². The second-order valence-electron chi connectivity index (χ2n) is 4.35. The van der Waals surface area contributed by atoms with E-state index >= 15 is 0 Å². The molecule has 0 atom stereocenters. The minimum Gasteiger partial charge on any atom is -0.744 e. The van der Waals surface area contributed by atoms with Crippen molar-refractivity contribution >= 4 is 10.1 Å². The number of fused-ring (bicyclic) bond motifs is 1. The van der Waals surface area contributed by atoms with E-state index in [0.29, 0.717) is 11.5 Å². The van der Waals surface area contributed by atoms with Gasteiger partial charge in [0.25, 0.3) is 0 Å². The fourth-order valence-electron chi connectivity index (χ4n) is 1.85. The molecule has 3 nitrogen and oxygen atoms in total. The normalized spacial score (nSPS) is 11.6. The average Bonchev–Trinajstić information content (AvgIpc) is 2.49. The Bertz CT molecular complexity index is 620. The van der Waals surface area contributed by atoms with Crippen LogP contribution in [0.15, 0.2) is 41.3 Å². The van der Waals surface area contributed by atoms with Gasteiger partial charge in [0.15, 0.2) is 0 Å². The van der Waals surface area contributed by atoms with E-state index in [1.807, 2.05) is 12.1 Å². The zero-order chi connectivity index (χ0) is 12.6. The summed E-state index contributed by atoms with van der Waals surface area (Å²) >= 11 is 0. The van der Waals surface area contributed by atoms with Gasteiger partial charge in [-0.05, 0) is 28.7 Å². The summed E-state index contributed by atoms with van der Waals surface area (Å²) in [6.45, 7) is 4.13. The van der Waals surface area contributed by atoms with Gasteiger partial charge in [0.2, 0.25) is 0 Å². The Kier molecular flexibility index (Phi) is 4.98. The Balaban J connectivity index is 0.00000162. The molecule has 2 rings (SSSR count). The molecule has 0 unspecified atom stereocenters. The predicted molar refractivity (Wildman–Crippen MR) is 65.1 cm³/mol. The van der Waals surface area contributed by atoms with Gasteiger partial charge in [-0.3, -0.25) is 0 Å². The molecular weight excluding hydrogens is 259 g/mol. The summed E-state index contributed by atoms with van der Waals surface area (Å²) < 4.78 is 33.2. The topological polar surface area (TPSA) is 57.2 Å². The van der Waals surface area contributed by atoms with Crippen LogP contribution in [0.3, 0.4) is 0 Å². The van der Waals surface area contributed by atoms with Gasteiger partial charge in [-0.1, -0.05) is 44.2 Å². The maximum absolute atomic E-state index is 11.1. The van der Waals surface area contributed by atoms with Crippen molar-refractivity contribution in [1.82, 2.24) is 0 Å². The monoisotopic (exact) mass is 272 g/mol. The third kappa shape index (κ3) is 3.13. The molecule has 2 aliphatic rings. The molecule has 90 valence electrons. The van der Waals surface area contributed by atoms with E-state index in [1.54, 1.807) is 18.2 Å². The molecule has 0 aromatic rings. The Morgan fingerprint density at radius 1 is 1.11 bits per heavy atom. The molecule has 0 amide bonds. The van der Waals surface area contributed by atoms with Crippen molar-refractivity contribution in [2.75, 3.05) is 0 Å². The molecule has 5 heteroatoms. The van der Waals surface area contributed by atoms with Gasteiger partial charge in [0.1, 0.15) is 10.1 Å². The zero-order valence-corrected chi connectivity index (χ0v) is 13.5. The molecule has 0 spiro atoms. The fourth-order valence-corrected chi connectivity index (χ4v) is 2.54. The summed E-state index contributed by atoms with van der Waals surface area (Å²) in [5, 5.41) is 0. The smallest absolute Gasteiger partial charge is 0.744 e. The van der Waals surface area contributed by atoms with Crippen LogP contribution in [0.25, 0.3) is 11.1 Å². The molecule has 0 aromatic carbocycles. The van der Waals surface area contributed by atoms with Crippen molar-refractivity contribution in [3.63, 3.8) is 0 Å². The molecular formula is C13H13NaO3S. The second-order valence-corrected chi connectivity index (χ2v) is 5.69. The maximum Gasteiger partial charge on any atom is 1.00 e. The minimum absolute atomic E-state index is 0. The third-order valence-corrected chi connectivity index (χ3v) is 3.70. The standard InChI is InChI=1S/C13H14O3S.Na/c1-9(2)10-4-3-5-12-11(8-10)6-7-13(12)17(14,15)16;/h3-9H,1-2H3,(H,14,15,16);/q;+1/p-1. The van der Waals surface area contributed by atoms with Crippen molar-refractivity contribution < 1.29 is 42.5 Å². The first-order valence-electron chi connectivity index (χ1n) is 5.38. The SMILES string of the molecule is CC(C)c1cccc2c(S(=O)(=O)[O-])ccc-2c1.[Na+]. The molecule has 2 aliphatic carbocycles. The van der Waals surface area contributed by atoms with Gasteiger partial charge in [0.05, 0.1) is 4.90 Å². The first-order chi connectivity index (χ1) is 7.89. The first kappa shape index (κ1) is 15.7. The summed E-state index contributed by atoms with van der Waals surface area (Å²) in [5.74, 6) is 0.354. The average molecular weight is 272 g/mol. The molecule has 0 N–H and O–H groups in total. The van der Waals surface area contributed by atoms with Crippen molar-refractivity contribution in [2.45, 2.75) is 24.7 Å². The van der Waals surface area contributed by atoms with E-state index in [9.17, 15) is 13.0 Å². The number of hydrogen-bond acceptors (Lipinski definition) is 3. The van der Waals surface area contributed by atoms with Crippen molar-refractivity contribution in [1.29, 1.82) is 0 Å². The second kappa shape index (κ2) is 5.72. The van der Waals surface area contributed by atoms with E-state index in [1.165, 1.54) is 6.07 Å². The summed E-state index contributed by atoms with van der Waals surface area (Å²) in [5.41, 5.74) is 2.39. The maximum atomic E-state index is 11.1.